The fourth-order valence-electron chi connectivity index (χ4n) is 3.57. The Morgan fingerprint density at radius 1 is 1.22 bits per heavy atom. The van der Waals surface area contributed by atoms with Gasteiger partial charge >= 0.3 is 0 Å². The minimum Gasteiger partial charge on any atom is -0.347 e. The Kier molecular flexibility index (Phi) is 3.39. The van der Waals surface area contributed by atoms with Gasteiger partial charge < -0.3 is 18.9 Å². The lowest BCUT2D eigenvalue weighted by Gasteiger charge is -2.37. The summed E-state index contributed by atoms with van der Waals surface area (Å²) in [6.07, 6.45) is 1.36. The highest BCUT2D eigenvalue weighted by atomic mass is 19.1. The Labute approximate surface area is 133 Å². The van der Waals surface area contributed by atoms with Gasteiger partial charge in [-0.25, -0.2) is 4.39 Å². The van der Waals surface area contributed by atoms with E-state index in [2.05, 4.69) is 0 Å². The largest absolute Gasteiger partial charge is 0.347 e. The third-order valence-electron chi connectivity index (χ3n) is 4.85. The standard InChI is InChI=1S/C17H19FN2O3/c1-19-14(11-12-3-2-4-13(18)15(12)19)16(21)20-7-5-17(6-8-20)22-9-10-23-17/h2-4,11H,5-10H2,1H3. The van der Waals surface area contributed by atoms with Crippen molar-refractivity contribution in [3.05, 3.63) is 35.8 Å². The summed E-state index contributed by atoms with van der Waals surface area (Å²) in [7, 11) is 1.73. The molecule has 4 rings (SSSR count). The van der Waals surface area contributed by atoms with Crippen molar-refractivity contribution >= 4 is 16.8 Å². The maximum Gasteiger partial charge on any atom is 0.270 e. The Morgan fingerprint density at radius 2 is 1.91 bits per heavy atom. The van der Waals surface area contributed by atoms with E-state index in [1.54, 1.807) is 28.6 Å². The molecule has 2 aliphatic heterocycles. The van der Waals surface area contributed by atoms with Gasteiger partial charge in [-0.1, -0.05) is 12.1 Å². The summed E-state index contributed by atoms with van der Waals surface area (Å²) >= 11 is 0. The minimum absolute atomic E-state index is 0.0732. The number of hydrogen-bond acceptors (Lipinski definition) is 3. The third kappa shape index (κ3) is 2.33. The summed E-state index contributed by atoms with van der Waals surface area (Å²) in [4.78, 5) is 14.6. The highest BCUT2D eigenvalue weighted by Gasteiger charge is 2.41. The average Bonchev–Trinajstić information content (AvgIpc) is 3.14. The Balaban J connectivity index is 1.58. The van der Waals surface area contributed by atoms with E-state index < -0.39 is 5.79 Å². The zero-order chi connectivity index (χ0) is 16.0. The first-order valence-corrected chi connectivity index (χ1v) is 7.91. The van der Waals surface area contributed by atoms with Gasteiger partial charge in [-0.15, -0.1) is 0 Å². The van der Waals surface area contributed by atoms with Crippen molar-refractivity contribution in [2.24, 2.45) is 7.05 Å². The van der Waals surface area contributed by atoms with Gasteiger partial charge in [0, 0.05) is 38.4 Å². The molecule has 1 spiro atoms. The number of benzene rings is 1. The van der Waals surface area contributed by atoms with E-state index in [4.69, 9.17) is 9.47 Å². The monoisotopic (exact) mass is 318 g/mol. The topological polar surface area (TPSA) is 43.7 Å². The number of piperidine rings is 1. The van der Waals surface area contributed by atoms with Crippen molar-refractivity contribution in [2.75, 3.05) is 26.3 Å². The van der Waals surface area contributed by atoms with Crippen LogP contribution in [0.15, 0.2) is 24.3 Å². The van der Waals surface area contributed by atoms with Gasteiger partial charge in [0.05, 0.1) is 18.7 Å². The van der Waals surface area contributed by atoms with E-state index in [1.165, 1.54) is 6.07 Å². The first-order chi connectivity index (χ1) is 11.1. The molecular formula is C17H19FN2O3. The average molecular weight is 318 g/mol. The number of hydrogen-bond donors (Lipinski definition) is 0. The number of carbonyl (C=O) groups is 1. The number of likely N-dealkylation sites (tertiary alicyclic amines) is 1. The van der Waals surface area contributed by atoms with Gasteiger partial charge in [0.25, 0.3) is 5.91 Å². The molecule has 1 aromatic heterocycles. The Bertz CT molecular complexity index is 755. The predicted molar refractivity (Wildman–Crippen MR) is 82.6 cm³/mol. The second-order valence-electron chi connectivity index (χ2n) is 6.17. The van der Waals surface area contributed by atoms with Crippen LogP contribution in [0.2, 0.25) is 0 Å². The molecule has 1 aromatic carbocycles. The number of carbonyl (C=O) groups excluding carboxylic acids is 1. The summed E-state index contributed by atoms with van der Waals surface area (Å²) in [6.45, 7) is 2.42. The van der Waals surface area contributed by atoms with Crippen molar-refractivity contribution in [2.45, 2.75) is 18.6 Å². The molecule has 0 aliphatic carbocycles. The quantitative estimate of drug-likeness (QED) is 0.810. The lowest BCUT2D eigenvalue weighted by atomic mass is 10.0. The van der Waals surface area contributed by atoms with Crippen LogP contribution in [0.25, 0.3) is 10.9 Å². The molecule has 2 saturated heterocycles. The van der Waals surface area contributed by atoms with E-state index in [1.807, 2.05) is 6.07 Å². The molecule has 5 nitrogen and oxygen atoms in total. The van der Waals surface area contributed by atoms with Crippen molar-refractivity contribution < 1.29 is 18.7 Å². The highest BCUT2D eigenvalue weighted by molar-refractivity contribution is 5.98. The number of para-hydroxylation sites is 1. The van der Waals surface area contributed by atoms with Crippen LogP contribution >= 0.6 is 0 Å². The van der Waals surface area contributed by atoms with Gasteiger partial charge in [-0.3, -0.25) is 4.79 Å². The van der Waals surface area contributed by atoms with E-state index in [0.29, 0.717) is 50.4 Å². The summed E-state index contributed by atoms with van der Waals surface area (Å²) < 4.78 is 27.0. The SMILES string of the molecule is Cn1c(C(=O)N2CCC3(CC2)OCCO3)cc2cccc(F)c21. The second-order valence-corrected chi connectivity index (χ2v) is 6.17. The molecule has 0 bridgehead atoms. The Morgan fingerprint density at radius 3 is 2.57 bits per heavy atom. The maximum absolute atomic E-state index is 14.0. The molecule has 122 valence electrons. The number of fused-ring (bicyclic) bond motifs is 1. The minimum atomic E-state index is -0.498. The molecule has 3 heterocycles. The van der Waals surface area contributed by atoms with Crippen molar-refractivity contribution in [3.63, 3.8) is 0 Å². The van der Waals surface area contributed by atoms with Gasteiger partial charge in [-0.05, 0) is 12.1 Å². The normalized spacial score (nSPS) is 20.5. The van der Waals surface area contributed by atoms with Crippen molar-refractivity contribution in [3.8, 4) is 0 Å². The lowest BCUT2D eigenvalue weighted by molar-refractivity contribution is -0.181. The van der Waals surface area contributed by atoms with Gasteiger partial charge in [0.2, 0.25) is 0 Å². The van der Waals surface area contributed by atoms with Crippen LogP contribution in [0.3, 0.4) is 0 Å². The predicted octanol–water partition coefficient (Wildman–Crippen LogP) is 2.30. The number of aromatic nitrogens is 1. The molecule has 0 atom stereocenters. The van der Waals surface area contributed by atoms with Gasteiger partial charge in [0.15, 0.2) is 5.79 Å². The van der Waals surface area contributed by atoms with Crippen LogP contribution in [-0.4, -0.2) is 47.5 Å². The van der Waals surface area contributed by atoms with E-state index >= 15 is 0 Å². The zero-order valence-electron chi connectivity index (χ0n) is 13.0. The number of ether oxygens (including phenoxy) is 2. The third-order valence-corrected chi connectivity index (χ3v) is 4.85. The number of amides is 1. The molecule has 0 unspecified atom stereocenters. The van der Waals surface area contributed by atoms with Crippen LogP contribution in [0, 0.1) is 5.82 Å². The number of rotatable bonds is 1. The summed E-state index contributed by atoms with van der Waals surface area (Å²) in [5.41, 5.74) is 0.973. The number of nitrogens with zero attached hydrogens (tertiary/aromatic N) is 2. The Hall–Kier alpha value is -1.92. The molecule has 2 fully saturated rings. The maximum atomic E-state index is 14.0. The van der Waals surface area contributed by atoms with Crippen LogP contribution in [0.1, 0.15) is 23.3 Å². The smallest absolute Gasteiger partial charge is 0.270 e. The molecule has 1 amide bonds. The molecule has 6 heteroatoms. The molecular weight excluding hydrogens is 299 g/mol. The van der Waals surface area contributed by atoms with Gasteiger partial charge in [0.1, 0.15) is 11.5 Å². The zero-order valence-corrected chi connectivity index (χ0v) is 13.0. The lowest BCUT2D eigenvalue weighted by Crippen LogP contribution is -2.47. The van der Waals surface area contributed by atoms with E-state index in [9.17, 15) is 9.18 Å². The first kappa shape index (κ1) is 14.7. The molecule has 0 radical (unpaired) electrons. The van der Waals surface area contributed by atoms with Crippen molar-refractivity contribution in [1.29, 1.82) is 0 Å². The molecule has 23 heavy (non-hydrogen) atoms. The van der Waals surface area contributed by atoms with Crippen molar-refractivity contribution in [1.82, 2.24) is 9.47 Å². The molecule has 2 aliphatic rings. The second kappa shape index (κ2) is 5.32. The summed E-state index contributed by atoms with van der Waals surface area (Å²) in [6, 6.07) is 6.65. The molecule has 2 aromatic rings. The van der Waals surface area contributed by atoms with Crippen LogP contribution in [-0.2, 0) is 16.5 Å². The number of aryl methyl sites for hydroxylation is 1. The van der Waals surface area contributed by atoms with Crippen LogP contribution in [0.4, 0.5) is 4.39 Å². The first-order valence-electron chi connectivity index (χ1n) is 7.91. The summed E-state index contributed by atoms with van der Waals surface area (Å²) in [5, 5.41) is 0.742. The van der Waals surface area contributed by atoms with E-state index in [-0.39, 0.29) is 11.7 Å². The molecule has 0 saturated carbocycles. The van der Waals surface area contributed by atoms with Crippen LogP contribution < -0.4 is 0 Å². The molecule has 0 N–H and O–H groups in total. The highest BCUT2D eigenvalue weighted by Crippen LogP contribution is 2.32. The fourth-order valence-corrected chi connectivity index (χ4v) is 3.57. The van der Waals surface area contributed by atoms with Gasteiger partial charge in [-0.2, -0.15) is 0 Å². The summed E-state index contributed by atoms with van der Waals surface area (Å²) in [5.74, 6) is -0.882. The van der Waals surface area contributed by atoms with E-state index in [0.717, 1.165) is 5.39 Å². The van der Waals surface area contributed by atoms with Crippen LogP contribution in [0.5, 0.6) is 0 Å². The number of halogens is 1. The fraction of sp³-hybridized carbons (Fsp3) is 0.471.